The number of hydrogen-bond donors (Lipinski definition) is 1. The number of rotatable bonds is 6. The van der Waals surface area contributed by atoms with Gasteiger partial charge in [0.2, 0.25) is 0 Å². The first kappa shape index (κ1) is 13.9. The van der Waals surface area contributed by atoms with Crippen molar-refractivity contribution in [2.75, 3.05) is 33.4 Å². The maximum Gasteiger partial charge on any atom is 0.0477 e. The van der Waals surface area contributed by atoms with Gasteiger partial charge in [-0.25, -0.2) is 0 Å². The molecule has 96 valence electrons. The van der Waals surface area contributed by atoms with Gasteiger partial charge >= 0.3 is 0 Å². The van der Waals surface area contributed by atoms with Crippen molar-refractivity contribution in [2.45, 2.75) is 45.1 Å². The molecule has 1 aliphatic rings. The van der Waals surface area contributed by atoms with E-state index >= 15 is 0 Å². The molecule has 0 spiro atoms. The van der Waals surface area contributed by atoms with Gasteiger partial charge in [-0.1, -0.05) is 13.3 Å². The van der Waals surface area contributed by atoms with E-state index in [2.05, 4.69) is 11.8 Å². The molecule has 1 saturated heterocycles. The summed E-state index contributed by atoms with van der Waals surface area (Å²) in [5.41, 5.74) is 6.09. The van der Waals surface area contributed by atoms with Gasteiger partial charge in [-0.15, -0.1) is 0 Å². The molecule has 3 heteroatoms. The predicted molar refractivity (Wildman–Crippen MR) is 68.5 cm³/mol. The van der Waals surface area contributed by atoms with Crippen molar-refractivity contribution in [1.29, 1.82) is 0 Å². The lowest BCUT2D eigenvalue weighted by Gasteiger charge is -2.23. The summed E-state index contributed by atoms with van der Waals surface area (Å²) in [6.45, 7) is 6.60. The molecular weight excluding hydrogens is 200 g/mol. The monoisotopic (exact) mass is 228 g/mol. The highest BCUT2D eigenvalue weighted by molar-refractivity contribution is 4.73. The average Bonchev–Trinajstić information content (AvgIpc) is 2.51. The van der Waals surface area contributed by atoms with E-state index in [4.69, 9.17) is 10.5 Å². The number of nitrogens with two attached hydrogens (primary N) is 1. The van der Waals surface area contributed by atoms with Gasteiger partial charge < -0.3 is 15.4 Å². The lowest BCUT2D eigenvalue weighted by molar-refractivity contribution is 0.175. The first-order valence-corrected chi connectivity index (χ1v) is 6.73. The zero-order chi connectivity index (χ0) is 11.8. The molecule has 1 aliphatic heterocycles. The second-order valence-electron chi connectivity index (χ2n) is 5.05. The van der Waals surface area contributed by atoms with Gasteiger partial charge in [0, 0.05) is 26.3 Å². The molecule has 1 heterocycles. The quantitative estimate of drug-likeness (QED) is 0.754. The topological polar surface area (TPSA) is 38.5 Å². The van der Waals surface area contributed by atoms with Crippen LogP contribution in [-0.4, -0.2) is 44.3 Å². The third-order valence-corrected chi connectivity index (χ3v) is 3.70. The number of hydrogen-bond acceptors (Lipinski definition) is 3. The van der Waals surface area contributed by atoms with Gasteiger partial charge in [-0.05, 0) is 44.7 Å². The van der Waals surface area contributed by atoms with Crippen LogP contribution in [0.3, 0.4) is 0 Å². The molecule has 0 amide bonds. The van der Waals surface area contributed by atoms with E-state index in [1.54, 1.807) is 7.11 Å². The molecule has 1 fully saturated rings. The third kappa shape index (κ3) is 5.28. The van der Waals surface area contributed by atoms with Crippen LogP contribution < -0.4 is 5.73 Å². The number of ether oxygens (including phenoxy) is 1. The normalized spacial score (nSPS) is 25.3. The van der Waals surface area contributed by atoms with E-state index in [1.807, 2.05) is 0 Å². The minimum Gasteiger partial charge on any atom is -0.385 e. The zero-order valence-electron chi connectivity index (χ0n) is 11.0. The van der Waals surface area contributed by atoms with Crippen molar-refractivity contribution >= 4 is 0 Å². The van der Waals surface area contributed by atoms with Gasteiger partial charge in [-0.3, -0.25) is 0 Å². The SMILES string of the molecule is CCC1CCCN(CC(N)CCOC)CC1. The van der Waals surface area contributed by atoms with Gasteiger partial charge in [0.1, 0.15) is 0 Å². The van der Waals surface area contributed by atoms with Gasteiger partial charge in [0.15, 0.2) is 0 Å². The van der Waals surface area contributed by atoms with Crippen molar-refractivity contribution < 1.29 is 4.74 Å². The second kappa shape index (κ2) is 8.04. The predicted octanol–water partition coefficient (Wildman–Crippen LogP) is 1.86. The lowest BCUT2D eigenvalue weighted by atomic mass is 9.98. The minimum atomic E-state index is 0.276. The van der Waals surface area contributed by atoms with Crippen molar-refractivity contribution in [3.63, 3.8) is 0 Å². The van der Waals surface area contributed by atoms with E-state index in [9.17, 15) is 0 Å². The van der Waals surface area contributed by atoms with Crippen LogP contribution in [0.15, 0.2) is 0 Å². The van der Waals surface area contributed by atoms with Crippen LogP contribution >= 0.6 is 0 Å². The molecular formula is C13H28N2O. The largest absolute Gasteiger partial charge is 0.385 e. The van der Waals surface area contributed by atoms with Crippen LogP contribution in [-0.2, 0) is 4.74 Å². The molecule has 2 atom stereocenters. The Balaban J connectivity index is 2.21. The van der Waals surface area contributed by atoms with Crippen LogP contribution in [0.25, 0.3) is 0 Å². The molecule has 1 rings (SSSR count). The molecule has 0 saturated carbocycles. The van der Waals surface area contributed by atoms with Crippen molar-refractivity contribution in [2.24, 2.45) is 11.7 Å². The maximum atomic E-state index is 6.09. The fraction of sp³-hybridized carbons (Fsp3) is 1.00. The van der Waals surface area contributed by atoms with Gasteiger partial charge in [-0.2, -0.15) is 0 Å². The molecule has 2 unspecified atom stereocenters. The van der Waals surface area contributed by atoms with E-state index < -0.39 is 0 Å². The van der Waals surface area contributed by atoms with Crippen LogP contribution in [0, 0.1) is 5.92 Å². The highest BCUT2D eigenvalue weighted by Gasteiger charge is 2.17. The highest BCUT2D eigenvalue weighted by Crippen LogP contribution is 2.20. The van der Waals surface area contributed by atoms with Crippen LogP contribution in [0.1, 0.15) is 39.0 Å². The van der Waals surface area contributed by atoms with Crippen LogP contribution in [0.5, 0.6) is 0 Å². The standard InChI is InChI=1S/C13H28N2O/c1-3-12-5-4-8-15(9-6-12)11-13(14)7-10-16-2/h12-13H,3-11,14H2,1-2H3. The summed E-state index contributed by atoms with van der Waals surface area (Å²) in [5.74, 6) is 0.945. The Morgan fingerprint density at radius 1 is 1.38 bits per heavy atom. The average molecular weight is 228 g/mol. The Morgan fingerprint density at radius 3 is 2.88 bits per heavy atom. The summed E-state index contributed by atoms with van der Waals surface area (Å²) in [7, 11) is 1.74. The summed E-state index contributed by atoms with van der Waals surface area (Å²) in [4.78, 5) is 2.54. The third-order valence-electron chi connectivity index (χ3n) is 3.70. The number of methoxy groups -OCH3 is 1. The zero-order valence-corrected chi connectivity index (χ0v) is 11.0. The lowest BCUT2D eigenvalue weighted by Crippen LogP contribution is -2.38. The highest BCUT2D eigenvalue weighted by atomic mass is 16.5. The van der Waals surface area contributed by atoms with Crippen LogP contribution in [0.2, 0.25) is 0 Å². The molecule has 0 aliphatic carbocycles. The number of likely N-dealkylation sites (tertiary alicyclic amines) is 1. The Hall–Kier alpha value is -0.120. The van der Waals surface area contributed by atoms with E-state index in [0.29, 0.717) is 0 Å². The van der Waals surface area contributed by atoms with Gasteiger partial charge in [0.25, 0.3) is 0 Å². The Labute approximate surface area is 100 Å². The minimum absolute atomic E-state index is 0.276. The summed E-state index contributed by atoms with van der Waals surface area (Å²) in [6.07, 6.45) is 6.41. The molecule has 2 N–H and O–H groups in total. The summed E-state index contributed by atoms with van der Waals surface area (Å²) >= 11 is 0. The van der Waals surface area contributed by atoms with Crippen molar-refractivity contribution in [1.82, 2.24) is 4.90 Å². The summed E-state index contributed by atoms with van der Waals surface area (Å²) in [5, 5.41) is 0. The molecule has 0 aromatic rings. The molecule has 0 aromatic heterocycles. The Kier molecular flexibility index (Phi) is 7.01. The number of nitrogens with zero attached hydrogens (tertiary/aromatic N) is 1. The van der Waals surface area contributed by atoms with Crippen molar-refractivity contribution in [3.8, 4) is 0 Å². The van der Waals surface area contributed by atoms with E-state index in [1.165, 1.54) is 38.8 Å². The first-order chi connectivity index (χ1) is 7.76. The smallest absolute Gasteiger partial charge is 0.0477 e. The fourth-order valence-electron chi connectivity index (χ4n) is 2.51. The molecule has 0 radical (unpaired) electrons. The molecule has 0 bridgehead atoms. The molecule has 0 aromatic carbocycles. The second-order valence-corrected chi connectivity index (χ2v) is 5.05. The summed E-state index contributed by atoms with van der Waals surface area (Å²) in [6, 6.07) is 0.276. The van der Waals surface area contributed by atoms with Crippen molar-refractivity contribution in [3.05, 3.63) is 0 Å². The van der Waals surface area contributed by atoms with Crippen LogP contribution in [0.4, 0.5) is 0 Å². The molecule has 3 nitrogen and oxygen atoms in total. The van der Waals surface area contributed by atoms with E-state index in [0.717, 1.165) is 25.5 Å². The fourth-order valence-corrected chi connectivity index (χ4v) is 2.51. The van der Waals surface area contributed by atoms with Gasteiger partial charge in [0.05, 0.1) is 0 Å². The Morgan fingerprint density at radius 2 is 2.19 bits per heavy atom. The maximum absolute atomic E-state index is 6.09. The first-order valence-electron chi connectivity index (χ1n) is 6.73. The summed E-state index contributed by atoms with van der Waals surface area (Å²) < 4.78 is 5.06. The van der Waals surface area contributed by atoms with E-state index in [-0.39, 0.29) is 6.04 Å². The Bertz CT molecular complexity index is 175. The molecule has 16 heavy (non-hydrogen) atoms.